The molecule has 0 spiro atoms. The smallest absolute Gasteiger partial charge is 0.258 e. The van der Waals surface area contributed by atoms with E-state index >= 15 is 0 Å². The van der Waals surface area contributed by atoms with E-state index in [1.54, 1.807) is 6.92 Å². The van der Waals surface area contributed by atoms with Crippen molar-refractivity contribution in [3.05, 3.63) is 97.5 Å². The van der Waals surface area contributed by atoms with Gasteiger partial charge < -0.3 is 9.72 Å². The van der Waals surface area contributed by atoms with Gasteiger partial charge in [0, 0.05) is 16.0 Å². The van der Waals surface area contributed by atoms with Crippen LogP contribution < -0.4 is 10.3 Å². The van der Waals surface area contributed by atoms with Gasteiger partial charge in [-0.2, -0.15) is 4.98 Å². The first kappa shape index (κ1) is 17.2. The molecule has 1 aromatic heterocycles. The van der Waals surface area contributed by atoms with Crippen LogP contribution >= 0.6 is 15.9 Å². The molecule has 0 amide bonds. The Kier molecular flexibility index (Phi) is 3.88. The highest BCUT2D eigenvalue weighted by Gasteiger charge is 2.34. The van der Waals surface area contributed by atoms with Crippen molar-refractivity contribution in [2.75, 3.05) is 0 Å². The van der Waals surface area contributed by atoms with E-state index in [-0.39, 0.29) is 11.5 Å². The van der Waals surface area contributed by atoms with Crippen molar-refractivity contribution in [3.63, 3.8) is 0 Å². The minimum atomic E-state index is -0.249. The minimum Gasteiger partial charge on any atom is -0.438 e. The van der Waals surface area contributed by atoms with E-state index in [0.717, 1.165) is 32.1 Å². The Bertz CT molecular complexity index is 1290. The number of aromatic nitrogens is 2. The molecule has 2 heterocycles. The molecule has 0 fully saturated rings. The van der Waals surface area contributed by atoms with Gasteiger partial charge in [-0.25, -0.2) is 0 Å². The van der Waals surface area contributed by atoms with Crippen LogP contribution in [0.3, 0.4) is 0 Å². The van der Waals surface area contributed by atoms with E-state index in [1.807, 2.05) is 18.2 Å². The van der Waals surface area contributed by atoms with Gasteiger partial charge in [0.15, 0.2) is 0 Å². The lowest BCUT2D eigenvalue weighted by molar-refractivity contribution is 0.430. The van der Waals surface area contributed by atoms with Crippen molar-refractivity contribution in [1.29, 1.82) is 0 Å². The lowest BCUT2D eigenvalue weighted by atomic mass is 9.81. The van der Waals surface area contributed by atoms with Crippen LogP contribution in [0.1, 0.15) is 34.0 Å². The lowest BCUT2D eigenvalue weighted by Gasteiger charge is -2.28. The molecule has 5 rings (SSSR count). The lowest BCUT2D eigenvalue weighted by Crippen LogP contribution is -2.25. The van der Waals surface area contributed by atoms with Gasteiger partial charge in [0.2, 0.25) is 5.88 Å². The van der Waals surface area contributed by atoms with Crippen LogP contribution in [0.2, 0.25) is 0 Å². The molecule has 1 atom stereocenters. The Morgan fingerprint density at radius 1 is 1.00 bits per heavy atom. The van der Waals surface area contributed by atoms with E-state index in [4.69, 9.17) is 4.74 Å². The fraction of sp³-hybridized carbons (Fsp3) is 0.130. The molecule has 1 unspecified atom stereocenters. The summed E-state index contributed by atoms with van der Waals surface area (Å²) in [7, 11) is 0. The maximum absolute atomic E-state index is 13.0. The zero-order valence-electron chi connectivity index (χ0n) is 15.4. The SMILES string of the molecule is Cc1ccc(C2c3c(nc(C)[nH]c3=O)Oc3ccc4cc(Br)ccc4c32)cc1. The topological polar surface area (TPSA) is 55.0 Å². The maximum atomic E-state index is 13.0. The van der Waals surface area contributed by atoms with Gasteiger partial charge in [0.1, 0.15) is 11.6 Å². The van der Waals surface area contributed by atoms with Crippen LogP contribution in [0.5, 0.6) is 11.6 Å². The molecular formula is C23H17BrN2O2. The van der Waals surface area contributed by atoms with Crippen LogP contribution in [-0.4, -0.2) is 9.97 Å². The molecule has 1 aliphatic rings. The first-order chi connectivity index (χ1) is 13.5. The largest absolute Gasteiger partial charge is 0.438 e. The normalized spacial score (nSPS) is 15.0. The van der Waals surface area contributed by atoms with E-state index < -0.39 is 0 Å². The molecule has 4 nitrogen and oxygen atoms in total. The van der Waals surface area contributed by atoms with Crippen molar-refractivity contribution in [1.82, 2.24) is 9.97 Å². The number of benzene rings is 3. The molecule has 0 bridgehead atoms. The van der Waals surface area contributed by atoms with Gasteiger partial charge in [-0.1, -0.05) is 57.9 Å². The Morgan fingerprint density at radius 3 is 2.57 bits per heavy atom. The maximum Gasteiger partial charge on any atom is 0.258 e. The number of rotatable bonds is 1. The fourth-order valence-corrected chi connectivity index (χ4v) is 4.31. The standard InChI is InChI=1S/C23H17BrN2O2/c1-12-3-5-14(6-4-12)19-20-17-9-8-16(24)11-15(17)7-10-18(20)28-23-21(19)22(27)25-13(2)26-23/h3-11,19H,1-2H3,(H,25,26,27). The Balaban J connectivity index is 1.88. The molecule has 28 heavy (non-hydrogen) atoms. The molecular weight excluding hydrogens is 416 g/mol. The van der Waals surface area contributed by atoms with Crippen molar-refractivity contribution in [3.8, 4) is 11.6 Å². The van der Waals surface area contributed by atoms with Gasteiger partial charge in [0.05, 0.1) is 5.56 Å². The number of fused-ring (bicyclic) bond motifs is 4. The van der Waals surface area contributed by atoms with Crippen LogP contribution in [0.4, 0.5) is 0 Å². The second-order valence-electron chi connectivity index (χ2n) is 7.16. The number of hydrogen-bond donors (Lipinski definition) is 1. The molecule has 1 N–H and O–H groups in total. The number of aromatic amines is 1. The minimum absolute atomic E-state index is 0.159. The first-order valence-corrected chi connectivity index (χ1v) is 9.88. The van der Waals surface area contributed by atoms with E-state index in [0.29, 0.717) is 17.3 Å². The second-order valence-corrected chi connectivity index (χ2v) is 8.07. The average Bonchev–Trinajstić information content (AvgIpc) is 2.66. The molecule has 138 valence electrons. The Labute approximate surface area is 170 Å². The van der Waals surface area contributed by atoms with Crippen LogP contribution in [0.15, 0.2) is 63.9 Å². The molecule has 5 heteroatoms. The highest BCUT2D eigenvalue weighted by atomic mass is 79.9. The third-order valence-electron chi connectivity index (χ3n) is 5.22. The Morgan fingerprint density at radius 2 is 1.79 bits per heavy atom. The van der Waals surface area contributed by atoms with Gasteiger partial charge in [-0.3, -0.25) is 4.79 Å². The number of nitrogens with zero attached hydrogens (tertiary/aromatic N) is 1. The number of H-pyrrole nitrogens is 1. The molecule has 0 aliphatic carbocycles. The zero-order valence-corrected chi connectivity index (χ0v) is 17.0. The highest BCUT2D eigenvalue weighted by Crippen LogP contribution is 2.48. The summed E-state index contributed by atoms with van der Waals surface area (Å²) in [5.41, 5.74) is 3.61. The monoisotopic (exact) mass is 432 g/mol. The third kappa shape index (κ3) is 2.66. The van der Waals surface area contributed by atoms with Gasteiger partial charge in [0.25, 0.3) is 5.56 Å². The number of aryl methyl sites for hydroxylation is 2. The summed E-state index contributed by atoms with van der Waals surface area (Å²) in [6.45, 7) is 3.82. The number of halogens is 1. The summed E-state index contributed by atoms with van der Waals surface area (Å²) in [4.78, 5) is 20.3. The number of nitrogens with one attached hydrogen (secondary N) is 1. The summed E-state index contributed by atoms with van der Waals surface area (Å²) in [5, 5.41) is 2.16. The predicted molar refractivity (Wildman–Crippen MR) is 113 cm³/mol. The van der Waals surface area contributed by atoms with Crippen LogP contribution in [0.25, 0.3) is 10.8 Å². The molecule has 1 aliphatic heterocycles. The number of hydrogen-bond acceptors (Lipinski definition) is 3. The summed E-state index contributed by atoms with van der Waals surface area (Å²) in [5.74, 6) is 1.42. The van der Waals surface area contributed by atoms with Gasteiger partial charge in [-0.05, 0) is 48.4 Å². The fourth-order valence-electron chi connectivity index (χ4n) is 3.93. The molecule has 3 aromatic carbocycles. The van der Waals surface area contributed by atoms with E-state index in [2.05, 4.69) is 69.2 Å². The second kappa shape index (κ2) is 6.31. The molecule has 0 saturated carbocycles. The summed E-state index contributed by atoms with van der Waals surface area (Å²) in [6.07, 6.45) is 0. The molecule has 0 saturated heterocycles. The molecule has 4 aromatic rings. The zero-order chi connectivity index (χ0) is 19.4. The quantitative estimate of drug-likeness (QED) is 0.375. The van der Waals surface area contributed by atoms with Crippen LogP contribution in [0, 0.1) is 13.8 Å². The third-order valence-corrected chi connectivity index (χ3v) is 5.71. The van der Waals surface area contributed by atoms with Crippen molar-refractivity contribution in [2.45, 2.75) is 19.8 Å². The highest BCUT2D eigenvalue weighted by molar-refractivity contribution is 9.10. The number of ether oxygens (including phenoxy) is 1. The van der Waals surface area contributed by atoms with Gasteiger partial charge in [-0.15, -0.1) is 0 Å². The van der Waals surface area contributed by atoms with Crippen molar-refractivity contribution < 1.29 is 4.74 Å². The summed E-state index contributed by atoms with van der Waals surface area (Å²) >= 11 is 3.55. The average molecular weight is 433 g/mol. The van der Waals surface area contributed by atoms with E-state index in [9.17, 15) is 4.79 Å². The van der Waals surface area contributed by atoms with Crippen molar-refractivity contribution in [2.24, 2.45) is 0 Å². The van der Waals surface area contributed by atoms with Gasteiger partial charge >= 0.3 is 0 Å². The van der Waals surface area contributed by atoms with Crippen molar-refractivity contribution >= 4 is 26.7 Å². The summed E-state index contributed by atoms with van der Waals surface area (Å²) < 4.78 is 7.12. The van der Waals surface area contributed by atoms with Crippen LogP contribution in [-0.2, 0) is 0 Å². The predicted octanol–water partition coefficient (Wildman–Crippen LogP) is 5.59. The summed E-state index contributed by atoms with van der Waals surface area (Å²) in [6, 6.07) is 18.5. The van der Waals surface area contributed by atoms with E-state index in [1.165, 1.54) is 5.56 Å². The molecule has 0 radical (unpaired) electrons. The first-order valence-electron chi connectivity index (χ1n) is 9.08. The Hall–Kier alpha value is -2.92.